The Balaban J connectivity index is 1.54. The molecule has 1 fully saturated rings. The predicted octanol–water partition coefficient (Wildman–Crippen LogP) is 0.0527. The van der Waals surface area contributed by atoms with Gasteiger partial charge >= 0.3 is 0 Å². The molecule has 2 aromatic rings. The number of hydrogen-bond acceptors (Lipinski definition) is 15. The molecule has 8 atom stereocenters. The van der Waals surface area contributed by atoms with Crippen molar-refractivity contribution in [3.8, 4) is 11.5 Å². The number of carbonyl (C=O) groups excluding carboxylic acids is 5. The molecule has 0 bridgehead atoms. The lowest BCUT2D eigenvalue weighted by Crippen LogP contribution is -2.73. The third kappa shape index (κ3) is 4.93. The highest BCUT2D eigenvalue weighted by molar-refractivity contribution is 6.53. The van der Waals surface area contributed by atoms with Gasteiger partial charge in [0.05, 0.1) is 59.7 Å². The van der Waals surface area contributed by atoms with Crippen molar-refractivity contribution in [2.24, 2.45) is 10.9 Å². The molecular weight excluding hydrogens is 684 g/mol. The Kier molecular flexibility index (Phi) is 9.27. The highest BCUT2D eigenvalue weighted by atomic mass is 16.6. The van der Waals surface area contributed by atoms with Crippen LogP contribution in [0, 0.1) is 12.8 Å². The van der Waals surface area contributed by atoms with E-state index in [1.165, 1.54) is 20.1 Å². The standard InChI is InChI=1S/C36H40N2O14/c1-12(2)37-33(48)22-13(3)7-15-8-21(41)36(51-6)32(47)24-17(31(46)35(36,49)25(15)29(22)45)9-16-23(28(24)44)20(40)10-19(26(16)42)38-34-18(11-39)27(43)30(50-5)14(4)52-34/h7,9,12,14,18,21,27,30,34,39,41,43-45,49H,8,10-11H2,1-6H3,(H,37,48)/t14-,18+,21+,27-,30-,34?,35-,36+/m0/s1. The zero-order chi connectivity index (χ0) is 38.4. The van der Waals surface area contributed by atoms with Crippen LogP contribution in [0.4, 0.5) is 0 Å². The topological polar surface area (TPSA) is 259 Å². The molecule has 52 heavy (non-hydrogen) atoms. The van der Waals surface area contributed by atoms with Crippen molar-refractivity contribution in [1.29, 1.82) is 0 Å². The quantitative estimate of drug-likeness (QED) is 0.208. The minimum Gasteiger partial charge on any atom is -0.507 e. The lowest BCUT2D eigenvalue weighted by Gasteiger charge is -2.53. The molecule has 1 amide bonds. The number of ketones is 4. The van der Waals surface area contributed by atoms with Crippen molar-refractivity contribution >= 4 is 34.8 Å². The summed E-state index contributed by atoms with van der Waals surface area (Å²) in [5.74, 6) is -8.30. The van der Waals surface area contributed by atoms with Crippen LogP contribution in [0.1, 0.15) is 95.7 Å². The molecule has 0 aromatic heterocycles. The van der Waals surface area contributed by atoms with Crippen LogP contribution in [0.2, 0.25) is 0 Å². The van der Waals surface area contributed by atoms with Gasteiger partial charge in [-0.3, -0.25) is 29.0 Å². The Bertz CT molecular complexity index is 1970. The van der Waals surface area contributed by atoms with E-state index in [4.69, 9.17) is 14.2 Å². The van der Waals surface area contributed by atoms with Crippen molar-refractivity contribution in [3.63, 3.8) is 0 Å². The number of aliphatic hydroxyl groups excluding tert-OH is 3. The molecule has 3 aliphatic carbocycles. The summed E-state index contributed by atoms with van der Waals surface area (Å²) >= 11 is 0. The summed E-state index contributed by atoms with van der Waals surface area (Å²) in [6.07, 6.45) is -7.23. The molecule has 1 saturated heterocycles. The van der Waals surface area contributed by atoms with Crippen molar-refractivity contribution in [2.45, 2.75) is 88.4 Å². The van der Waals surface area contributed by atoms with Gasteiger partial charge in [-0.15, -0.1) is 0 Å². The molecule has 1 unspecified atom stereocenters. The Labute approximate surface area is 297 Å². The smallest absolute Gasteiger partial charge is 0.255 e. The predicted molar refractivity (Wildman–Crippen MR) is 178 cm³/mol. The van der Waals surface area contributed by atoms with Gasteiger partial charge in [0.15, 0.2) is 23.2 Å². The van der Waals surface area contributed by atoms with E-state index in [1.54, 1.807) is 20.8 Å². The molecule has 2 aromatic carbocycles. The summed E-state index contributed by atoms with van der Waals surface area (Å²) in [6.45, 7) is 5.80. The zero-order valence-electron chi connectivity index (χ0n) is 29.2. The highest BCUT2D eigenvalue weighted by Crippen LogP contribution is 2.56. The van der Waals surface area contributed by atoms with Gasteiger partial charge in [-0.05, 0) is 44.9 Å². The number of aromatic hydroxyl groups is 2. The molecule has 16 nitrogen and oxygen atoms in total. The van der Waals surface area contributed by atoms with Crippen molar-refractivity contribution in [1.82, 2.24) is 5.32 Å². The average Bonchev–Trinajstić information content (AvgIpc) is 3.05. The van der Waals surface area contributed by atoms with Crippen LogP contribution in [-0.2, 0) is 26.2 Å². The maximum atomic E-state index is 14.7. The molecule has 6 rings (SSSR count). The van der Waals surface area contributed by atoms with Crippen molar-refractivity contribution in [2.75, 3.05) is 20.8 Å². The van der Waals surface area contributed by atoms with Crippen LogP contribution in [0.25, 0.3) is 0 Å². The number of phenolic OH excluding ortho intramolecular Hbond substituents is 2. The molecule has 1 aliphatic heterocycles. The number of benzene rings is 2. The third-order valence-electron chi connectivity index (χ3n) is 10.6. The fraction of sp³-hybridized carbons (Fsp3) is 0.500. The fourth-order valence-corrected chi connectivity index (χ4v) is 8.21. The summed E-state index contributed by atoms with van der Waals surface area (Å²) in [5, 5.41) is 70.6. The van der Waals surface area contributed by atoms with Crippen LogP contribution in [-0.4, -0.2) is 129 Å². The van der Waals surface area contributed by atoms with Gasteiger partial charge in [-0.25, -0.2) is 0 Å². The summed E-state index contributed by atoms with van der Waals surface area (Å²) in [6, 6.07) is 1.85. The summed E-state index contributed by atoms with van der Waals surface area (Å²) in [7, 11) is 2.28. The first-order valence-corrected chi connectivity index (χ1v) is 16.7. The number of fused-ring (bicyclic) bond motifs is 5. The number of aryl methyl sites for hydroxylation is 1. The average molecular weight is 725 g/mol. The summed E-state index contributed by atoms with van der Waals surface area (Å²) < 4.78 is 16.6. The second-order valence-corrected chi connectivity index (χ2v) is 14.0. The summed E-state index contributed by atoms with van der Waals surface area (Å²) in [5.41, 5.74) is -9.87. The Hall–Kier alpha value is -4.42. The van der Waals surface area contributed by atoms with Gasteiger partial charge in [-0.2, -0.15) is 0 Å². The lowest BCUT2D eigenvalue weighted by molar-refractivity contribution is -0.206. The number of Topliss-reactive ketones (excluding diaryl/α,β-unsaturated/α-hetero) is 4. The van der Waals surface area contributed by atoms with E-state index in [2.05, 4.69) is 10.3 Å². The normalized spacial score (nSPS) is 32.0. The van der Waals surface area contributed by atoms with Crippen LogP contribution in [0.3, 0.4) is 0 Å². The van der Waals surface area contributed by atoms with E-state index in [-0.39, 0.29) is 22.7 Å². The molecular formula is C36H40N2O14. The molecule has 7 N–H and O–H groups in total. The number of methoxy groups -OCH3 is 2. The van der Waals surface area contributed by atoms with Gasteiger partial charge in [0.2, 0.25) is 17.3 Å². The monoisotopic (exact) mass is 724 g/mol. The molecule has 1 heterocycles. The van der Waals surface area contributed by atoms with Crippen LogP contribution in [0.5, 0.6) is 11.5 Å². The maximum Gasteiger partial charge on any atom is 0.255 e. The van der Waals surface area contributed by atoms with E-state index in [0.29, 0.717) is 0 Å². The Morgan fingerprint density at radius 1 is 1.06 bits per heavy atom. The SMILES string of the molecule is CO[C@@H]1[C@@H](O)[C@@H](CO)C(N=C2CC(=O)c3c(cc4c(c3O)C(=O)[C@]3(OC)[C@H](O)Cc5cc(C)c(C(=O)NC(C)C)c(O)c5[C@]3(O)C4=O)C2=O)O[C@H]1C. The number of nitrogens with zero attached hydrogens (tertiary/aromatic N) is 1. The second-order valence-electron chi connectivity index (χ2n) is 14.0. The van der Waals surface area contributed by atoms with Crippen LogP contribution >= 0.6 is 0 Å². The lowest BCUT2D eigenvalue weighted by atomic mass is 9.56. The highest BCUT2D eigenvalue weighted by Gasteiger charge is 2.72. The van der Waals surface area contributed by atoms with Gasteiger partial charge in [0, 0.05) is 43.4 Å². The largest absolute Gasteiger partial charge is 0.507 e. The van der Waals surface area contributed by atoms with Gasteiger partial charge in [0.1, 0.15) is 17.6 Å². The minimum absolute atomic E-state index is 0.0178. The number of aliphatic imine (C=N–C) groups is 1. The number of hydrogen-bond donors (Lipinski definition) is 7. The Morgan fingerprint density at radius 2 is 1.73 bits per heavy atom. The molecule has 16 heteroatoms. The number of amides is 1. The second kappa shape index (κ2) is 12.9. The number of carbonyl (C=O) groups is 5. The third-order valence-corrected chi connectivity index (χ3v) is 10.6. The van der Waals surface area contributed by atoms with E-state index in [9.17, 15) is 54.6 Å². The summed E-state index contributed by atoms with van der Waals surface area (Å²) in [4.78, 5) is 74.2. The number of nitrogens with one attached hydrogen (secondary N) is 1. The first-order chi connectivity index (χ1) is 24.4. The first-order valence-electron chi connectivity index (χ1n) is 16.7. The zero-order valence-corrected chi connectivity index (χ0v) is 29.2. The van der Waals surface area contributed by atoms with Gasteiger partial charge < -0.3 is 50.2 Å². The number of rotatable bonds is 6. The van der Waals surface area contributed by atoms with Gasteiger partial charge in [-0.1, -0.05) is 6.07 Å². The molecule has 4 aliphatic rings. The maximum absolute atomic E-state index is 14.7. The van der Waals surface area contributed by atoms with E-state index < -0.39 is 141 Å². The number of aliphatic hydroxyl groups is 4. The fourth-order valence-electron chi connectivity index (χ4n) is 8.21. The molecule has 0 saturated carbocycles. The molecule has 0 spiro atoms. The van der Waals surface area contributed by atoms with E-state index >= 15 is 0 Å². The van der Waals surface area contributed by atoms with Crippen molar-refractivity contribution in [3.05, 3.63) is 56.6 Å². The number of ether oxygens (including phenoxy) is 3. The Morgan fingerprint density at radius 3 is 2.33 bits per heavy atom. The van der Waals surface area contributed by atoms with E-state index in [0.717, 1.165) is 13.2 Å². The molecule has 0 radical (unpaired) electrons. The van der Waals surface area contributed by atoms with Crippen LogP contribution < -0.4 is 5.32 Å². The van der Waals surface area contributed by atoms with E-state index in [1.807, 2.05) is 0 Å². The molecule has 278 valence electrons. The van der Waals surface area contributed by atoms with Crippen LogP contribution in [0.15, 0.2) is 17.1 Å². The minimum atomic E-state index is -3.22. The van der Waals surface area contributed by atoms with Crippen molar-refractivity contribution < 1.29 is 68.8 Å². The first kappa shape index (κ1) is 37.3. The number of phenols is 2. The van der Waals surface area contributed by atoms with Gasteiger partial charge in [0.25, 0.3) is 5.91 Å².